The molecule has 1 heterocycles. The molecule has 0 spiro atoms. The van der Waals surface area contributed by atoms with Gasteiger partial charge in [-0.2, -0.15) is 5.10 Å². The molecule has 0 radical (unpaired) electrons. The van der Waals surface area contributed by atoms with Gasteiger partial charge in [-0.3, -0.25) is 4.79 Å². The fourth-order valence-electron chi connectivity index (χ4n) is 2.18. The number of hydrogen-bond donors (Lipinski definition) is 0. The van der Waals surface area contributed by atoms with E-state index in [2.05, 4.69) is 17.2 Å². The van der Waals surface area contributed by atoms with Gasteiger partial charge in [0.25, 0.3) is 0 Å². The Hall–Kier alpha value is -2.68. The summed E-state index contributed by atoms with van der Waals surface area (Å²) < 4.78 is 1.82. The van der Waals surface area contributed by atoms with Crippen LogP contribution in [0.5, 0.6) is 0 Å². The van der Waals surface area contributed by atoms with E-state index in [1.165, 1.54) is 0 Å². The van der Waals surface area contributed by atoms with Crippen molar-refractivity contribution in [1.29, 1.82) is 0 Å². The molecule has 20 heavy (non-hydrogen) atoms. The van der Waals surface area contributed by atoms with E-state index in [1.54, 1.807) is 0 Å². The summed E-state index contributed by atoms with van der Waals surface area (Å²) >= 11 is 0. The number of aryl methyl sites for hydroxylation is 1. The number of aldehydes is 1. The van der Waals surface area contributed by atoms with Gasteiger partial charge in [-0.25, -0.2) is 4.68 Å². The monoisotopic (exact) mass is 262 g/mol. The zero-order valence-corrected chi connectivity index (χ0v) is 11.2. The van der Waals surface area contributed by atoms with Crippen molar-refractivity contribution < 1.29 is 4.79 Å². The first kappa shape index (κ1) is 12.4. The first-order valence-corrected chi connectivity index (χ1v) is 6.44. The second-order valence-corrected chi connectivity index (χ2v) is 4.70. The molecule has 0 amide bonds. The minimum atomic E-state index is 0.712. The van der Waals surface area contributed by atoms with Gasteiger partial charge in [-0.1, -0.05) is 30.3 Å². The zero-order valence-electron chi connectivity index (χ0n) is 11.2. The van der Waals surface area contributed by atoms with Crippen LogP contribution in [0.2, 0.25) is 0 Å². The van der Waals surface area contributed by atoms with E-state index in [9.17, 15) is 4.79 Å². The van der Waals surface area contributed by atoms with Crippen molar-refractivity contribution >= 4 is 6.29 Å². The molecule has 0 aliphatic rings. The largest absolute Gasteiger partial charge is 0.298 e. The van der Waals surface area contributed by atoms with Gasteiger partial charge in [0.2, 0.25) is 0 Å². The molecule has 0 saturated heterocycles. The molecule has 1 aromatic heterocycles. The molecular weight excluding hydrogens is 248 g/mol. The molecule has 0 bridgehead atoms. The Labute approximate surface area is 117 Å². The average Bonchev–Trinajstić information content (AvgIpc) is 2.98. The average molecular weight is 262 g/mol. The molecule has 3 aromatic rings. The summed E-state index contributed by atoms with van der Waals surface area (Å²) in [7, 11) is 0. The van der Waals surface area contributed by atoms with Crippen molar-refractivity contribution in [2.45, 2.75) is 6.92 Å². The minimum Gasteiger partial charge on any atom is -0.298 e. The molecule has 0 aliphatic heterocycles. The van der Waals surface area contributed by atoms with E-state index in [1.807, 2.05) is 60.4 Å². The summed E-state index contributed by atoms with van der Waals surface area (Å²) in [5.74, 6) is 0. The van der Waals surface area contributed by atoms with E-state index >= 15 is 0 Å². The molecule has 0 saturated carbocycles. The number of hydrogen-bond acceptors (Lipinski definition) is 2. The van der Waals surface area contributed by atoms with E-state index in [-0.39, 0.29) is 0 Å². The molecular formula is C17H14N2O. The standard InChI is InChI=1S/C17H14N2O/c1-13-9-17(8-7-15(13)12-20)19-11-16(10-18-19)14-5-3-2-4-6-14/h2-12H,1H3. The molecule has 3 nitrogen and oxygen atoms in total. The van der Waals surface area contributed by atoms with E-state index in [4.69, 9.17) is 0 Å². The quantitative estimate of drug-likeness (QED) is 0.675. The van der Waals surface area contributed by atoms with Crippen LogP contribution in [-0.4, -0.2) is 16.1 Å². The van der Waals surface area contributed by atoms with Crippen LogP contribution in [0, 0.1) is 6.92 Å². The summed E-state index contributed by atoms with van der Waals surface area (Å²) in [4.78, 5) is 10.8. The lowest BCUT2D eigenvalue weighted by Crippen LogP contribution is -1.96. The number of aromatic nitrogens is 2. The topological polar surface area (TPSA) is 34.9 Å². The van der Waals surface area contributed by atoms with E-state index in [0.717, 1.165) is 28.7 Å². The maximum Gasteiger partial charge on any atom is 0.150 e. The maximum atomic E-state index is 10.8. The van der Waals surface area contributed by atoms with Gasteiger partial charge in [0.15, 0.2) is 0 Å². The van der Waals surface area contributed by atoms with Gasteiger partial charge in [0.05, 0.1) is 11.9 Å². The molecule has 0 unspecified atom stereocenters. The fourth-order valence-corrected chi connectivity index (χ4v) is 2.18. The summed E-state index contributed by atoms with van der Waals surface area (Å²) in [5.41, 5.74) is 4.83. The van der Waals surface area contributed by atoms with Crippen molar-refractivity contribution in [3.63, 3.8) is 0 Å². The summed E-state index contributed by atoms with van der Waals surface area (Å²) in [6, 6.07) is 15.8. The molecule has 0 atom stereocenters. The summed E-state index contributed by atoms with van der Waals surface area (Å²) in [5, 5.41) is 4.39. The molecule has 0 aliphatic carbocycles. The van der Waals surface area contributed by atoms with Crippen molar-refractivity contribution in [3.05, 3.63) is 72.1 Å². The predicted molar refractivity (Wildman–Crippen MR) is 79.1 cm³/mol. The third-order valence-electron chi connectivity index (χ3n) is 3.33. The second-order valence-electron chi connectivity index (χ2n) is 4.70. The Morgan fingerprint density at radius 1 is 1.05 bits per heavy atom. The maximum absolute atomic E-state index is 10.8. The lowest BCUT2D eigenvalue weighted by molar-refractivity contribution is 0.112. The van der Waals surface area contributed by atoms with Gasteiger partial charge < -0.3 is 0 Å². The number of carbonyl (C=O) groups is 1. The van der Waals surface area contributed by atoms with Crippen LogP contribution in [0.25, 0.3) is 16.8 Å². The molecule has 98 valence electrons. The number of rotatable bonds is 3. The van der Waals surface area contributed by atoms with Crippen molar-refractivity contribution in [2.75, 3.05) is 0 Å². The third-order valence-corrected chi connectivity index (χ3v) is 3.33. The van der Waals surface area contributed by atoms with Crippen LogP contribution in [-0.2, 0) is 0 Å². The Bertz CT molecular complexity index is 745. The lowest BCUT2D eigenvalue weighted by Gasteiger charge is -2.04. The van der Waals surface area contributed by atoms with Gasteiger partial charge in [-0.05, 0) is 36.2 Å². The molecule has 3 rings (SSSR count). The highest BCUT2D eigenvalue weighted by atomic mass is 16.1. The first-order chi connectivity index (χ1) is 9.78. The van der Waals surface area contributed by atoms with Crippen LogP contribution < -0.4 is 0 Å². The highest BCUT2D eigenvalue weighted by Crippen LogP contribution is 2.20. The summed E-state index contributed by atoms with van der Waals surface area (Å²) in [6.45, 7) is 1.93. The Morgan fingerprint density at radius 3 is 2.55 bits per heavy atom. The first-order valence-electron chi connectivity index (χ1n) is 6.44. The van der Waals surface area contributed by atoms with Gasteiger partial charge in [0.1, 0.15) is 6.29 Å². The fraction of sp³-hybridized carbons (Fsp3) is 0.0588. The van der Waals surface area contributed by atoms with E-state index in [0.29, 0.717) is 5.56 Å². The van der Waals surface area contributed by atoms with Gasteiger partial charge in [0, 0.05) is 17.3 Å². The molecule has 3 heteroatoms. The highest BCUT2D eigenvalue weighted by molar-refractivity contribution is 5.77. The predicted octanol–water partition coefficient (Wildman–Crippen LogP) is 3.66. The Balaban J connectivity index is 1.98. The third kappa shape index (κ3) is 2.26. The van der Waals surface area contributed by atoms with Crippen molar-refractivity contribution in [2.24, 2.45) is 0 Å². The number of benzene rings is 2. The lowest BCUT2D eigenvalue weighted by atomic mass is 10.1. The molecule has 2 aromatic carbocycles. The zero-order chi connectivity index (χ0) is 13.9. The SMILES string of the molecule is Cc1cc(-n2cc(-c3ccccc3)cn2)ccc1C=O. The Kier molecular flexibility index (Phi) is 3.17. The molecule has 0 fully saturated rings. The van der Waals surface area contributed by atoms with Crippen molar-refractivity contribution in [1.82, 2.24) is 9.78 Å². The minimum absolute atomic E-state index is 0.712. The van der Waals surface area contributed by atoms with Crippen LogP contribution in [0.4, 0.5) is 0 Å². The summed E-state index contributed by atoms with van der Waals surface area (Å²) in [6.07, 6.45) is 4.71. The van der Waals surface area contributed by atoms with Crippen LogP contribution in [0.3, 0.4) is 0 Å². The van der Waals surface area contributed by atoms with Crippen LogP contribution in [0.1, 0.15) is 15.9 Å². The second kappa shape index (κ2) is 5.13. The van der Waals surface area contributed by atoms with Crippen LogP contribution in [0.15, 0.2) is 60.9 Å². The smallest absolute Gasteiger partial charge is 0.150 e. The van der Waals surface area contributed by atoms with Gasteiger partial charge >= 0.3 is 0 Å². The number of nitrogens with zero attached hydrogens (tertiary/aromatic N) is 2. The highest BCUT2D eigenvalue weighted by Gasteiger charge is 2.04. The Morgan fingerprint density at radius 2 is 1.85 bits per heavy atom. The van der Waals surface area contributed by atoms with Crippen LogP contribution >= 0.6 is 0 Å². The number of carbonyl (C=O) groups excluding carboxylic acids is 1. The molecule has 0 N–H and O–H groups in total. The van der Waals surface area contributed by atoms with E-state index < -0.39 is 0 Å². The van der Waals surface area contributed by atoms with Crippen molar-refractivity contribution in [3.8, 4) is 16.8 Å². The normalized spacial score (nSPS) is 10.4. The van der Waals surface area contributed by atoms with Gasteiger partial charge in [-0.15, -0.1) is 0 Å².